The number of amides is 1. The van der Waals surface area contributed by atoms with Gasteiger partial charge in [0.1, 0.15) is 31.2 Å². The molecule has 0 bridgehead atoms. The Balaban J connectivity index is 1.39. The van der Waals surface area contributed by atoms with E-state index in [1.807, 2.05) is 0 Å². The number of rotatable bonds is 5. The number of alkyl halides is 6. The monoisotopic (exact) mass is 495 g/mol. The standard InChI is InChI=1S/C20H19F6N3O5/c21-19(22,23)9-32-7-11-3-4-29-16(34-11)6-13(28-29)18(31)27-14-8-33-15-2-1-10(20(24,25)26)5-12(15)17(14)30/h1-2,5-6,11,14,17,30H,3-4,7-9H2,(H,27,31)/t11?,14-,17?/m0/s1. The molecule has 4 rings (SSSR count). The van der Waals surface area contributed by atoms with E-state index >= 15 is 0 Å². The van der Waals surface area contributed by atoms with Gasteiger partial charge in [-0.15, -0.1) is 0 Å². The molecule has 1 aromatic carbocycles. The molecule has 2 aromatic rings. The minimum atomic E-state index is -4.61. The molecule has 2 aliphatic heterocycles. The SMILES string of the molecule is O=C(N[C@H]1COc2ccc(C(F)(F)F)cc2C1O)c1cc2n(n1)CCC(COCC(F)(F)F)O2. The number of aliphatic hydroxyl groups excluding tert-OH is 1. The number of benzene rings is 1. The van der Waals surface area contributed by atoms with E-state index in [2.05, 4.69) is 15.2 Å². The molecule has 34 heavy (non-hydrogen) atoms. The van der Waals surface area contributed by atoms with Crippen molar-refractivity contribution in [2.75, 3.05) is 19.8 Å². The molecule has 0 fully saturated rings. The highest BCUT2D eigenvalue weighted by atomic mass is 19.4. The van der Waals surface area contributed by atoms with E-state index in [1.165, 1.54) is 10.7 Å². The second-order valence-corrected chi connectivity index (χ2v) is 7.84. The summed E-state index contributed by atoms with van der Waals surface area (Å²) >= 11 is 0. The number of nitrogens with zero attached hydrogens (tertiary/aromatic N) is 2. The van der Waals surface area contributed by atoms with Gasteiger partial charge in [0.2, 0.25) is 5.88 Å². The largest absolute Gasteiger partial charge is 0.491 e. The zero-order valence-corrected chi connectivity index (χ0v) is 17.3. The van der Waals surface area contributed by atoms with E-state index in [9.17, 15) is 36.2 Å². The van der Waals surface area contributed by atoms with Gasteiger partial charge in [-0.3, -0.25) is 4.79 Å². The van der Waals surface area contributed by atoms with Gasteiger partial charge >= 0.3 is 12.4 Å². The van der Waals surface area contributed by atoms with Gasteiger partial charge in [0.15, 0.2) is 5.69 Å². The predicted molar refractivity (Wildman–Crippen MR) is 101 cm³/mol. The summed E-state index contributed by atoms with van der Waals surface area (Å²) in [4.78, 5) is 12.6. The number of fused-ring (bicyclic) bond motifs is 2. The van der Waals surface area contributed by atoms with E-state index in [1.54, 1.807) is 0 Å². The first kappa shape index (κ1) is 24.1. The molecule has 3 atom stereocenters. The van der Waals surface area contributed by atoms with Crippen LogP contribution in [-0.2, 0) is 17.5 Å². The molecule has 0 radical (unpaired) electrons. The number of carbonyl (C=O) groups excluding carboxylic acids is 1. The molecule has 0 saturated carbocycles. The average Bonchev–Trinajstić information content (AvgIpc) is 3.17. The van der Waals surface area contributed by atoms with Gasteiger partial charge in [0.05, 0.1) is 18.2 Å². The van der Waals surface area contributed by atoms with Crippen LogP contribution in [0.5, 0.6) is 11.6 Å². The van der Waals surface area contributed by atoms with Gasteiger partial charge in [-0.05, 0) is 18.2 Å². The maximum Gasteiger partial charge on any atom is 0.416 e. The number of aromatic nitrogens is 2. The summed E-state index contributed by atoms with van der Waals surface area (Å²) in [6.45, 7) is -1.62. The first-order valence-electron chi connectivity index (χ1n) is 10.1. The Morgan fingerprint density at radius 2 is 2.00 bits per heavy atom. The maximum atomic E-state index is 13.0. The lowest BCUT2D eigenvalue weighted by atomic mass is 9.97. The second kappa shape index (κ2) is 8.98. The quantitative estimate of drug-likeness (QED) is 0.620. The fraction of sp³-hybridized carbons (Fsp3) is 0.500. The molecule has 0 saturated heterocycles. The Morgan fingerprint density at radius 1 is 1.24 bits per heavy atom. The van der Waals surface area contributed by atoms with Gasteiger partial charge in [-0.2, -0.15) is 31.4 Å². The van der Waals surface area contributed by atoms with Crippen molar-refractivity contribution in [3.63, 3.8) is 0 Å². The van der Waals surface area contributed by atoms with Gasteiger partial charge < -0.3 is 24.6 Å². The van der Waals surface area contributed by atoms with E-state index in [0.717, 1.165) is 18.2 Å². The number of aryl methyl sites for hydroxylation is 1. The van der Waals surface area contributed by atoms with E-state index in [-0.39, 0.29) is 42.6 Å². The maximum absolute atomic E-state index is 13.0. The summed E-state index contributed by atoms with van der Waals surface area (Å²) in [5.74, 6) is -0.508. The summed E-state index contributed by atoms with van der Waals surface area (Å²) in [5.41, 5.74) is -1.18. The number of carbonyl (C=O) groups is 1. The third-order valence-electron chi connectivity index (χ3n) is 5.27. The van der Waals surface area contributed by atoms with Crippen LogP contribution in [0.1, 0.15) is 34.1 Å². The Hall–Kier alpha value is -3.00. The summed E-state index contributed by atoms with van der Waals surface area (Å²) in [5, 5.41) is 17.1. The van der Waals surface area contributed by atoms with E-state index in [4.69, 9.17) is 9.47 Å². The molecule has 14 heteroatoms. The molecular weight excluding hydrogens is 476 g/mol. The molecule has 1 aromatic heterocycles. The predicted octanol–water partition coefficient (Wildman–Crippen LogP) is 2.86. The summed E-state index contributed by atoms with van der Waals surface area (Å²) < 4.78 is 92.5. The van der Waals surface area contributed by atoms with Gasteiger partial charge in [0.25, 0.3) is 5.91 Å². The number of hydrogen-bond acceptors (Lipinski definition) is 6. The van der Waals surface area contributed by atoms with Crippen LogP contribution >= 0.6 is 0 Å². The third kappa shape index (κ3) is 5.38. The molecule has 1 amide bonds. The Morgan fingerprint density at radius 3 is 2.71 bits per heavy atom. The first-order chi connectivity index (χ1) is 15.9. The lowest BCUT2D eigenvalue weighted by Crippen LogP contribution is -2.45. The van der Waals surface area contributed by atoms with Crippen LogP contribution in [-0.4, -0.2) is 58.9 Å². The van der Waals surface area contributed by atoms with Crippen molar-refractivity contribution in [2.45, 2.75) is 43.6 Å². The summed E-state index contributed by atoms with van der Waals surface area (Å²) in [7, 11) is 0. The minimum absolute atomic E-state index is 0.0793. The number of hydrogen-bond donors (Lipinski definition) is 2. The zero-order valence-electron chi connectivity index (χ0n) is 17.3. The second-order valence-electron chi connectivity index (χ2n) is 7.84. The van der Waals surface area contributed by atoms with E-state index in [0.29, 0.717) is 6.42 Å². The van der Waals surface area contributed by atoms with Crippen LogP contribution in [0, 0.1) is 0 Å². The highest BCUT2D eigenvalue weighted by Gasteiger charge is 2.36. The molecule has 2 aliphatic rings. The van der Waals surface area contributed by atoms with Gasteiger partial charge in [-0.1, -0.05) is 0 Å². The van der Waals surface area contributed by atoms with Crippen LogP contribution in [0.15, 0.2) is 24.3 Å². The molecule has 2 N–H and O–H groups in total. The minimum Gasteiger partial charge on any atom is -0.491 e. The van der Waals surface area contributed by atoms with Crippen LogP contribution in [0.3, 0.4) is 0 Å². The Kier molecular flexibility index (Phi) is 6.38. The van der Waals surface area contributed by atoms with Gasteiger partial charge in [0, 0.05) is 24.6 Å². The molecule has 8 nitrogen and oxygen atoms in total. The number of nitrogens with one attached hydrogen (secondary N) is 1. The average molecular weight is 495 g/mol. The van der Waals surface area contributed by atoms with Crippen molar-refractivity contribution in [1.82, 2.24) is 15.1 Å². The Bertz CT molecular complexity index is 1050. The van der Waals surface area contributed by atoms with Crippen molar-refractivity contribution < 1.29 is 50.5 Å². The number of halogens is 6. The van der Waals surface area contributed by atoms with Crippen LogP contribution in [0.4, 0.5) is 26.3 Å². The van der Waals surface area contributed by atoms with Gasteiger partial charge in [-0.25, -0.2) is 4.68 Å². The highest BCUT2D eigenvalue weighted by Crippen LogP contribution is 2.38. The van der Waals surface area contributed by atoms with Crippen molar-refractivity contribution in [3.05, 3.63) is 41.1 Å². The normalized spacial score (nSPS) is 22.3. The summed E-state index contributed by atoms with van der Waals surface area (Å²) in [6.07, 6.45) is -10.9. The highest BCUT2D eigenvalue weighted by molar-refractivity contribution is 5.92. The lowest BCUT2D eigenvalue weighted by Gasteiger charge is -2.31. The molecule has 0 aliphatic carbocycles. The van der Waals surface area contributed by atoms with E-state index < -0.39 is 48.7 Å². The van der Waals surface area contributed by atoms with Crippen molar-refractivity contribution in [3.8, 4) is 11.6 Å². The fourth-order valence-corrected chi connectivity index (χ4v) is 3.62. The number of aliphatic hydroxyl groups is 1. The van der Waals surface area contributed by atoms with Crippen LogP contribution in [0.25, 0.3) is 0 Å². The molecule has 186 valence electrons. The zero-order chi connectivity index (χ0) is 24.7. The lowest BCUT2D eigenvalue weighted by molar-refractivity contribution is -0.179. The molecule has 0 spiro atoms. The third-order valence-corrected chi connectivity index (χ3v) is 5.27. The fourth-order valence-electron chi connectivity index (χ4n) is 3.62. The number of ether oxygens (including phenoxy) is 3. The van der Waals surface area contributed by atoms with Crippen molar-refractivity contribution >= 4 is 5.91 Å². The molecular formula is C20H19F6N3O5. The van der Waals surface area contributed by atoms with Crippen LogP contribution in [0.2, 0.25) is 0 Å². The smallest absolute Gasteiger partial charge is 0.416 e. The molecule has 2 unspecified atom stereocenters. The summed E-state index contributed by atoms with van der Waals surface area (Å²) in [6, 6.07) is 2.93. The van der Waals surface area contributed by atoms with Crippen LogP contribution < -0.4 is 14.8 Å². The Labute approximate surface area is 188 Å². The first-order valence-corrected chi connectivity index (χ1v) is 10.1. The topological polar surface area (TPSA) is 94.8 Å². The van der Waals surface area contributed by atoms with Crippen molar-refractivity contribution in [2.24, 2.45) is 0 Å². The molecule has 3 heterocycles. The van der Waals surface area contributed by atoms with Crippen molar-refractivity contribution in [1.29, 1.82) is 0 Å².